The van der Waals surface area contributed by atoms with Gasteiger partial charge in [0, 0.05) is 5.69 Å². The fourth-order valence-electron chi connectivity index (χ4n) is 3.09. The maximum Gasteiger partial charge on any atom is 0.271 e. The van der Waals surface area contributed by atoms with E-state index in [2.05, 4.69) is 14.7 Å². The monoisotopic (exact) mass is 462 g/mol. The largest absolute Gasteiger partial charge is 0.508 e. The maximum atomic E-state index is 12.3. The number of ether oxygens (including phenoxy) is 1. The molecule has 1 unspecified atom stereocenters. The van der Waals surface area contributed by atoms with Gasteiger partial charge in [0.05, 0.1) is 12.6 Å². The number of benzene rings is 3. The molecule has 168 valence electrons. The Labute approximate surface area is 193 Å². The number of aliphatic hydroxyl groups is 1. The van der Waals surface area contributed by atoms with E-state index in [-0.39, 0.29) is 29.3 Å². The summed E-state index contributed by atoms with van der Waals surface area (Å²) in [6.45, 7) is -0.0600. The molecule has 0 spiro atoms. The van der Waals surface area contributed by atoms with E-state index < -0.39 is 6.10 Å². The number of amidine groups is 1. The fourth-order valence-corrected chi connectivity index (χ4v) is 3.85. The van der Waals surface area contributed by atoms with Gasteiger partial charge in [-0.05, 0) is 65.6 Å². The number of anilines is 2. The molecular weight excluding hydrogens is 440 g/mol. The van der Waals surface area contributed by atoms with Crippen LogP contribution in [0.25, 0.3) is 0 Å². The lowest BCUT2D eigenvalue weighted by molar-refractivity contribution is 0.187. The first-order valence-corrected chi connectivity index (χ1v) is 10.9. The highest BCUT2D eigenvalue weighted by Crippen LogP contribution is 2.27. The van der Waals surface area contributed by atoms with Crippen molar-refractivity contribution in [3.8, 4) is 17.2 Å². The number of nitrogens with two attached hydrogens (primary N) is 1. The molecular formula is C24H22N4O4S. The second-order valence-electron chi connectivity index (χ2n) is 7.14. The van der Waals surface area contributed by atoms with Crippen molar-refractivity contribution in [2.45, 2.75) is 6.10 Å². The summed E-state index contributed by atoms with van der Waals surface area (Å²) < 4.78 is 8.44. The van der Waals surface area contributed by atoms with Crippen LogP contribution in [0.15, 0.2) is 88.6 Å². The molecule has 0 radical (unpaired) electrons. The number of aliphatic imine (C=N–C) groups is 1. The van der Waals surface area contributed by atoms with Crippen molar-refractivity contribution in [1.29, 1.82) is 0 Å². The molecule has 0 aliphatic rings. The van der Waals surface area contributed by atoms with Crippen LogP contribution in [0.4, 0.5) is 10.7 Å². The van der Waals surface area contributed by atoms with Gasteiger partial charge in [-0.15, -0.1) is 0 Å². The number of H-pyrrole nitrogens is 1. The predicted molar refractivity (Wildman–Crippen MR) is 130 cm³/mol. The van der Waals surface area contributed by atoms with Gasteiger partial charge >= 0.3 is 0 Å². The third-order valence-corrected chi connectivity index (χ3v) is 5.53. The zero-order valence-electron chi connectivity index (χ0n) is 17.4. The normalized spacial score (nSPS) is 12.3. The average molecular weight is 463 g/mol. The molecule has 9 heteroatoms. The molecule has 0 aliphatic heterocycles. The van der Waals surface area contributed by atoms with E-state index in [1.54, 1.807) is 12.1 Å². The standard InChI is InChI=1S/C24H22N4O4S/c25-22(26-14-20(30)15-5-4-6-17(29)13-15)21-23(31)28-33-24(21)27-16-9-11-19(12-10-16)32-18-7-2-1-3-8-18/h1-13,20,27,29-30H,14H2,(H2,25,26)(H,28,31). The number of aliphatic hydroxyl groups excluding tert-OH is 1. The first kappa shape index (κ1) is 22.1. The number of phenols is 1. The molecule has 1 atom stereocenters. The Morgan fingerprint density at radius 2 is 1.79 bits per heavy atom. The lowest BCUT2D eigenvalue weighted by Crippen LogP contribution is -2.23. The molecule has 8 nitrogen and oxygen atoms in total. The van der Waals surface area contributed by atoms with Gasteiger partial charge in [0.2, 0.25) is 0 Å². The number of aromatic hydroxyl groups is 1. The Hall–Kier alpha value is -4.08. The minimum Gasteiger partial charge on any atom is -0.508 e. The van der Waals surface area contributed by atoms with Gasteiger partial charge in [0.25, 0.3) is 5.56 Å². The van der Waals surface area contributed by atoms with E-state index >= 15 is 0 Å². The number of nitrogens with one attached hydrogen (secondary N) is 2. The van der Waals surface area contributed by atoms with Gasteiger partial charge in [-0.1, -0.05) is 30.3 Å². The molecule has 0 saturated carbocycles. The first-order valence-electron chi connectivity index (χ1n) is 10.1. The lowest BCUT2D eigenvalue weighted by atomic mass is 10.1. The number of aromatic amines is 1. The van der Waals surface area contributed by atoms with E-state index in [0.717, 1.165) is 23.0 Å². The van der Waals surface area contributed by atoms with Gasteiger partial charge < -0.3 is 26.0 Å². The topological polar surface area (TPSA) is 133 Å². The highest BCUT2D eigenvalue weighted by atomic mass is 32.1. The zero-order valence-corrected chi connectivity index (χ0v) is 18.3. The van der Waals surface area contributed by atoms with Gasteiger partial charge in [-0.2, -0.15) is 0 Å². The molecule has 0 saturated heterocycles. The van der Waals surface area contributed by atoms with Crippen molar-refractivity contribution < 1.29 is 14.9 Å². The Bertz CT molecular complexity index is 1300. The number of hydrogen-bond donors (Lipinski definition) is 5. The number of aromatic nitrogens is 1. The van der Waals surface area contributed by atoms with Gasteiger partial charge in [0.1, 0.15) is 33.6 Å². The Balaban J connectivity index is 1.46. The summed E-state index contributed by atoms with van der Waals surface area (Å²) in [5, 5.41) is 23.5. The second-order valence-corrected chi connectivity index (χ2v) is 7.96. The van der Waals surface area contributed by atoms with Gasteiger partial charge in [-0.3, -0.25) is 14.2 Å². The highest BCUT2D eigenvalue weighted by molar-refractivity contribution is 7.10. The van der Waals surface area contributed by atoms with Crippen LogP contribution in [0.1, 0.15) is 17.2 Å². The molecule has 0 fully saturated rings. The van der Waals surface area contributed by atoms with Crippen molar-refractivity contribution in [3.05, 3.63) is 100 Å². The maximum absolute atomic E-state index is 12.3. The number of phenolic OH excluding ortho intramolecular Hbond substituents is 1. The molecule has 3 aromatic carbocycles. The molecule has 0 bridgehead atoms. The second kappa shape index (κ2) is 10.0. The summed E-state index contributed by atoms with van der Waals surface area (Å²) in [4.78, 5) is 16.5. The van der Waals surface area contributed by atoms with Crippen molar-refractivity contribution >= 4 is 28.1 Å². The summed E-state index contributed by atoms with van der Waals surface area (Å²) in [6.07, 6.45) is -0.970. The van der Waals surface area contributed by atoms with Crippen LogP contribution in [0, 0.1) is 0 Å². The van der Waals surface area contributed by atoms with Crippen LogP contribution in [0.5, 0.6) is 17.2 Å². The van der Waals surface area contributed by atoms with Crippen LogP contribution < -0.4 is 21.3 Å². The van der Waals surface area contributed by atoms with Crippen molar-refractivity contribution in [2.75, 3.05) is 11.9 Å². The first-order chi connectivity index (χ1) is 16.0. The van der Waals surface area contributed by atoms with Crippen molar-refractivity contribution in [3.63, 3.8) is 0 Å². The van der Waals surface area contributed by atoms with E-state index in [0.29, 0.717) is 16.3 Å². The summed E-state index contributed by atoms with van der Waals surface area (Å²) in [6, 6.07) is 23.0. The Morgan fingerprint density at radius 1 is 1.06 bits per heavy atom. The molecule has 0 amide bonds. The van der Waals surface area contributed by atoms with Crippen LogP contribution in [0.3, 0.4) is 0 Å². The molecule has 33 heavy (non-hydrogen) atoms. The van der Waals surface area contributed by atoms with Crippen LogP contribution in [-0.2, 0) is 0 Å². The summed E-state index contributed by atoms with van der Waals surface area (Å²) in [5.41, 5.74) is 7.14. The number of rotatable bonds is 8. The fraction of sp³-hybridized carbons (Fsp3) is 0.0833. The van der Waals surface area contributed by atoms with Gasteiger partial charge in [-0.25, -0.2) is 0 Å². The quantitative estimate of drug-likeness (QED) is 0.198. The number of para-hydroxylation sites is 1. The van der Waals surface area contributed by atoms with Gasteiger partial charge in [0.15, 0.2) is 0 Å². The molecule has 6 N–H and O–H groups in total. The average Bonchev–Trinajstić information content (AvgIpc) is 3.19. The molecule has 4 rings (SSSR count). The zero-order chi connectivity index (χ0) is 23.2. The van der Waals surface area contributed by atoms with Crippen molar-refractivity contribution in [2.24, 2.45) is 10.7 Å². The molecule has 0 aliphatic carbocycles. The molecule has 1 heterocycles. The van der Waals surface area contributed by atoms with E-state index in [1.807, 2.05) is 54.6 Å². The van der Waals surface area contributed by atoms with Crippen molar-refractivity contribution in [1.82, 2.24) is 4.37 Å². The smallest absolute Gasteiger partial charge is 0.271 e. The predicted octanol–water partition coefficient (Wildman–Crippen LogP) is 4.12. The highest BCUT2D eigenvalue weighted by Gasteiger charge is 2.16. The van der Waals surface area contributed by atoms with Crippen LogP contribution >= 0.6 is 11.5 Å². The molecule has 1 aromatic heterocycles. The Kier molecular flexibility index (Phi) is 6.72. The number of nitrogens with zero attached hydrogens (tertiary/aromatic N) is 1. The number of hydrogen-bond acceptors (Lipinski definition) is 7. The summed E-state index contributed by atoms with van der Waals surface area (Å²) in [7, 11) is 0. The van der Waals surface area contributed by atoms with Crippen LogP contribution in [0.2, 0.25) is 0 Å². The third-order valence-electron chi connectivity index (χ3n) is 4.74. The van der Waals surface area contributed by atoms with E-state index in [4.69, 9.17) is 10.5 Å². The Morgan fingerprint density at radius 3 is 2.52 bits per heavy atom. The van der Waals surface area contributed by atoms with E-state index in [1.165, 1.54) is 12.1 Å². The molecule has 4 aromatic rings. The van der Waals surface area contributed by atoms with E-state index in [9.17, 15) is 15.0 Å². The summed E-state index contributed by atoms with van der Waals surface area (Å²) in [5.74, 6) is 1.46. The van der Waals surface area contributed by atoms with Crippen LogP contribution in [-0.4, -0.2) is 27.0 Å². The third kappa shape index (κ3) is 5.59. The minimum absolute atomic E-state index is 0.00299. The lowest BCUT2D eigenvalue weighted by Gasteiger charge is -2.10. The summed E-state index contributed by atoms with van der Waals surface area (Å²) >= 11 is 1.10. The SMILES string of the molecule is NC(=NCC(O)c1cccc(O)c1)c1c(Nc2ccc(Oc3ccccc3)cc2)s[nH]c1=O. The minimum atomic E-state index is -0.970.